The van der Waals surface area contributed by atoms with Gasteiger partial charge in [-0.15, -0.1) is 0 Å². The molecule has 32 heavy (non-hydrogen) atoms. The average Bonchev–Trinajstić information content (AvgIpc) is 3.39. The van der Waals surface area contributed by atoms with Gasteiger partial charge in [0.1, 0.15) is 5.76 Å². The molecule has 0 spiro atoms. The summed E-state index contributed by atoms with van der Waals surface area (Å²) in [5.41, 5.74) is 4.44. The maximum absolute atomic E-state index is 13.2. The standard InChI is InChI=1S/C27H31N3O2/c1-21-6-2-3-8-25(21)29-17-15-28(16-18-29)24-7-4-14-30(20-24)27(31)23-12-10-22(11-13-23)26-9-5-19-32-26/h2-3,5-6,8-13,19,24H,4,7,14-18,20H2,1H3/t24-/m1/s1. The first-order chi connectivity index (χ1) is 15.7. The topological polar surface area (TPSA) is 39.9 Å². The van der Waals surface area contributed by atoms with Crippen molar-refractivity contribution in [2.45, 2.75) is 25.8 Å². The minimum atomic E-state index is 0.138. The zero-order valence-corrected chi connectivity index (χ0v) is 18.7. The number of hydrogen-bond acceptors (Lipinski definition) is 4. The summed E-state index contributed by atoms with van der Waals surface area (Å²) in [5.74, 6) is 0.964. The summed E-state index contributed by atoms with van der Waals surface area (Å²) >= 11 is 0. The first-order valence-electron chi connectivity index (χ1n) is 11.7. The van der Waals surface area contributed by atoms with Crippen LogP contribution >= 0.6 is 0 Å². The third-order valence-corrected chi connectivity index (χ3v) is 6.91. The van der Waals surface area contributed by atoms with Gasteiger partial charge in [0.05, 0.1) is 6.26 Å². The molecule has 0 saturated carbocycles. The van der Waals surface area contributed by atoms with Crippen LogP contribution in [-0.4, -0.2) is 61.0 Å². The van der Waals surface area contributed by atoms with Gasteiger partial charge in [0, 0.05) is 62.1 Å². The second-order valence-electron chi connectivity index (χ2n) is 8.91. The van der Waals surface area contributed by atoms with Crippen molar-refractivity contribution in [3.63, 3.8) is 0 Å². The fourth-order valence-electron chi connectivity index (χ4n) is 5.09. The highest BCUT2D eigenvalue weighted by Gasteiger charge is 2.30. The van der Waals surface area contributed by atoms with Crippen LogP contribution in [0.1, 0.15) is 28.8 Å². The average molecular weight is 430 g/mol. The summed E-state index contributed by atoms with van der Waals surface area (Å²) in [7, 11) is 0. The van der Waals surface area contributed by atoms with E-state index in [4.69, 9.17) is 4.42 Å². The highest BCUT2D eigenvalue weighted by atomic mass is 16.3. The molecular weight excluding hydrogens is 398 g/mol. The van der Waals surface area contributed by atoms with Crippen LogP contribution in [-0.2, 0) is 0 Å². The molecule has 1 atom stereocenters. The molecule has 5 rings (SSSR count). The Kier molecular flexibility index (Phi) is 5.99. The minimum absolute atomic E-state index is 0.138. The third kappa shape index (κ3) is 4.30. The lowest BCUT2D eigenvalue weighted by Crippen LogP contribution is -2.56. The van der Waals surface area contributed by atoms with Crippen LogP contribution in [0.15, 0.2) is 71.3 Å². The number of furan rings is 1. The van der Waals surface area contributed by atoms with Crippen molar-refractivity contribution in [3.8, 4) is 11.3 Å². The van der Waals surface area contributed by atoms with Crippen LogP contribution < -0.4 is 4.90 Å². The quantitative estimate of drug-likeness (QED) is 0.604. The molecule has 2 fully saturated rings. The van der Waals surface area contributed by atoms with Crippen molar-refractivity contribution >= 4 is 11.6 Å². The lowest BCUT2D eigenvalue weighted by Gasteiger charge is -2.44. The number of benzene rings is 2. The number of piperazine rings is 1. The van der Waals surface area contributed by atoms with E-state index in [0.717, 1.165) is 62.6 Å². The number of amides is 1. The summed E-state index contributed by atoms with van der Waals surface area (Å²) in [4.78, 5) is 20.3. The van der Waals surface area contributed by atoms with Gasteiger partial charge in [-0.2, -0.15) is 0 Å². The van der Waals surface area contributed by atoms with Crippen molar-refractivity contribution in [1.82, 2.24) is 9.80 Å². The zero-order chi connectivity index (χ0) is 21.9. The predicted octanol–water partition coefficient (Wildman–Crippen LogP) is 4.68. The van der Waals surface area contributed by atoms with E-state index in [2.05, 4.69) is 41.0 Å². The fraction of sp³-hybridized carbons (Fsp3) is 0.370. The van der Waals surface area contributed by atoms with Gasteiger partial charge in [0.2, 0.25) is 0 Å². The summed E-state index contributed by atoms with van der Waals surface area (Å²) in [6.07, 6.45) is 3.91. The number of aryl methyl sites for hydroxylation is 1. The smallest absolute Gasteiger partial charge is 0.253 e. The first kappa shape index (κ1) is 20.8. The van der Waals surface area contributed by atoms with E-state index in [1.807, 2.05) is 41.3 Å². The molecule has 1 amide bonds. The van der Waals surface area contributed by atoms with E-state index < -0.39 is 0 Å². The van der Waals surface area contributed by atoms with E-state index in [0.29, 0.717) is 6.04 Å². The lowest BCUT2D eigenvalue weighted by atomic mass is 10.0. The van der Waals surface area contributed by atoms with Crippen molar-refractivity contribution in [3.05, 3.63) is 78.1 Å². The monoisotopic (exact) mass is 429 g/mol. The van der Waals surface area contributed by atoms with Crippen molar-refractivity contribution in [2.24, 2.45) is 0 Å². The summed E-state index contributed by atoms with van der Waals surface area (Å²) in [6, 6.07) is 20.7. The van der Waals surface area contributed by atoms with Crippen LogP contribution in [0.2, 0.25) is 0 Å². The lowest BCUT2D eigenvalue weighted by molar-refractivity contribution is 0.0563. The molecule has 1 aromatic heterocycles. The second kappa shape index (κ2) is 9.21. The van der Waals surface area contributed by atoms with Gasteiger partial charge in [-0.05, 0) is 55.7 Å². The molecule has 3 aromatic rings. The van der Waals surface area contributed by atoms with E-state index in [1.165, 1.54) is 17.7 Å². The van der Waals surface area contributed by atoms with Gasteiger partial charge < -0.3 is 14.2 Å². The number of carbonyl (C=O) groups excluding carboxylic acids is 1. The Bertz CT molecular complexity index is 1040. The van der Waals surface area contributed by atoms with Crippen LogP contribution in [0.3, 0.4) is 0 Å². The highest BCUT2D eigenvalue weighted by Crippen LogP contribution is 2.25. The molecular formula is C27H31N3O2. The number of likely N-dealkylation sites (tertiary alicyclic amines) is 1. The second-order valence-corrected chi connectivity index (χ2v) is 8.91. The van der Waals surface area contributed by atoms with Crippen molar-refractivity contribution < 1.29 is 9.21 Å². The van der Waals surface area contributed by atoms with Gasteiger partial charge in [0.25, 0.3) is 5.91 Å². The Balaban J connectivity index is 1.19. The van der Waals surface area contributed by atoms with Gasteiger partial charge in [-0.3, -0.25) is 9.69 Å². The third-order valence-electron chi connectivity index (χ3n) is 6.91. The largest absolute Gasteiger partial charge is 0.464 e. The number of hydrogen-bond donors (Lipinski definition) is 0. The van der Waals surface area contributed by atoms with Gasteiger partial charge in [0.15, 0.2) is 0 Å². The summed E-state index contributed by atoms with van der Waals surface area (Å²) in [5, 5.41) is 0. The molecule has 2 aliphatic rings. The Morgan fingerprint density at radius 1 is 0.906 bits per heavy atom. The molecule has 0 N–H and O–H groups in total. The molecule has 2 saturated heterocycles. The van der Waals surface area contributed by atoms with Crippen molar-refractivity contribution in [2.75, 3.05) is 44.2 Å². The van der Waals surface area contributed by atoms with Crippen LogP contribution in [0.5, 0.6) is 0 Å². The molecule has 3 heterocycles. The maximum Gasteiger partial charge on any atom is 0.253 e. The van der Waals surface area contributed by atoms with Gasteiger partial charge >= 0.3 is 0 Å². The number of piperidine rings is 1. The molecule has 2 aromatic carbocycles. The Labute approximate surface area is 190 Å². The number of carbonyl (C=O) groups is 1. The summed E-state index contributed by atoms with van der Waals surface area (Å²) < 4.78 is 5.46. The molecule has 5 nitrogen and oxygen atoms in total. The number of nitrogens with zero attached hydrogens (tertiary/aromatic N) is 3. The Morgan fingerprint density at radius 2 is 1.69 bits per heavy atom. The number of para-hydroxylation sites is 1. The van der Waals surface area contributed by atoms with Crippen LogP contribution in [0, 0.1) is 6.92 Å². The maximum atomic E-state index is 13.2. The van der Waals surface area contributed by atoms with Crippen LogP contribution in [0.25, 0.3) is 11.3 Å². The molecule has 2 aliphatic heterocycles. The first-order valence-corrected chi connectivity index (χ1v) is 11.7. The van der Waals surface area contributed by atoms with E-state index >= 15 is 0 Å². The minimum Gasteiger partial charge on any atom is -0.464 e. The van der Waals surface area contributed by atoms with E-state index in [1.54, 1.807) is 6.26 Å². The Morgan fingerprint density at radius 3 is 2.41 bits per heavy atom. The van der Waals surface area contributed by atoms with Crippen LogP contribution in [0.4, 0.5) is 5.69 Å². The van der Waals surface area contributed by atoms with E-state index in [9.17, 15) is 4.79 Å². The van der Waals surface area contributed by atoms with Gasteiger partial charge in [-0.25, -0.2) is 0 Å². The molecule has 0 bridgehead atoms. The fourth-order valence-corrected chi connectivity index (χ4v) is 5.09. The molecule has 166 valence electrons. The number of anilines is 1. The highest BCUT2D eigenvalue weighted by molar-refractivity contribution is 5.94. The normalized spacial score (nSPS) is 19.8. The summed E-state index contributed by atoms with van der Waals surface area (Å²) in [6.45, 7) is 8.06. The predicted molar refractivity (Wildman–Crippen MR) is 128 cm³/mol. The Hall–Kier alpha value is -3.05. The molecule has 0 radical (unpaired) electrons. The van der Waals surface area contributed by atoms with Gasteiger partial charge in [-0.1, -0.05) is 30.3 Å². The molecule has 0 unspecified atom stereocenters. The van der Waals surface area contributed by atoms with E-state index in [-0.39, 0.29) is 5.91 Å². The number of rotatable bonds is 4. The van der Waals surface area contributed by atoms with Crippen molar-refractivity contribution in [1.29, 1.82) is 0 Å². The SMILES string of the molecule is Cc1ccccc1N1CCN([C@@H]2CCCN(C(=O)c3ccc(-c4ccco4)cc3)C2)CC1. The molecule has 0 aliphatic carbocycles. The molecule has 5 heteroatoms. The zero-order valence-electron chi connectivity index (χ0n) is 18.7.